The van der Waals surface area contributed by atoms with E-state index in [0.717, 1.165) is 66.3 Å². The molecule has 5 heterocycles. The lowest BCUT2D eigenvalue weighted by atomic mass is 9.88. The molecule has 0 saturated carbocycles. The van der Waals surface area contributed by atoms with E-state index in [1.165, 1.54) is 6.20 Å². The van der Waals surface area contributed by atoms with Gasteiger partial charge in [-0.3, -0.25) is 24.7 Å². The predicted molar refractivity (Wildman–Crippen MR) is 151 cm³/mol. The number of piperidine rings is 2. The fourth-order valence-corrected chi connectivity index (χ4v) is 6.08. The Labute approximate surface area is 232 Å². The van der Waals surface area contributed by atoms with Crippen molar-refractivity contribution in [3.05, 3.63) is 59.7 Å². The summed E-state index contributed by atoms with van der Waals surface area (Å²) in [6.07, 6.45) is 8.42. The van der Waals surface area contributed by atoms with Gasteiger partial charge in [0.25, 0.3) is 0 Å². The van der Waals surface area contributed by atoms with Gasteiger partial charge in [-0.1, -0.05) is 19.1 Å². The van der Waals surface area contributed by atoms with Gasteiger partial charge in [0.2, 0.25) is 0 Å². The lowest BCUT2D eigenvalue weighted by molar-refractivity contribution is -0.146. The van der Waals surface area contributed by atoms with Crippen LogP contribution in [0.1, 0.15) is 61.4 Å². The first kappa shape index (κ1) is 25.9. The summed E-state index contributed by atoms with van der Waals surface area (Å²) in [5, 5.41) is 21.1. The first-order valence-corrected chi connectivity index (χ1v) is 13.8. The maximum absolute atomic E-state index is 13.6. The van der Waals surface area contributed by atoms with Crippen LogP contribution in [0.4, 0.5) is 5.69 Å². The zero-order chi connectivity index (χ0) is 27.8. The molecule has 0 unspecified atom stereocenters. The van der Waals surface area contributed by atoms with Crippen molar-refractivity contribution in [2.75, 3.05) is 32.0 Å². The number of hydrogen-bond acceptors (Lipinski definition) is 7. The summed E-state index contributed by atoms with van der Waals surface area (Å²) in [6, 6.07) is 10.0. The highest BCUT2D eigenvalue weighted by molar-refractivity contribution is 6.40. The third-order valence-corrected chi connectivity index (χ3v) is 8.36. The molecule has 2 N–H and O–H groups in total. The number of aromatic amines is 1. The molecule has 204 valence electrons. The number of aromatic nitrogens is 4. The van der Waals surface area contributed by atoms with Crippen LogP contribution < -0.4 is 5.32 Å². The highest BCUT2D eigenvalue weighted by Crippen LogP contribution is 2.36. The second kappa shape index (κ2) is 10.7. The van der Waals surface area contributed by atoms with Crippen LogP contribution in [0.15, 0.2) is 42.9 Å². The summed E-state index contributed by atoms with van der Waals surface area (Å²) in [7, 11) is 2.12. The average molecular weight is 537 g/mol. The summed E-state index contributed by atoms with van der Waals surface area (Å²) in [4.78, 5) is 39.9. The van der Waals surface area contributed by atoms with Crippen LogP contribution in [0.25, 0.3) is 21.8 Å². The van der Waals surface area contributed by atoms with E-state index in [-0.39, 0.29) is 17.9 Å². The molecule has 6 rings (SSSR count). The van der Waals surface area contributed by atoms with Gasteiger partial charge < -0.3 is 15.1 Å². The molecule has 10 heteroatoms. The van der Waals surface area contributed by atoms with Crippen molar-refractivity contribution in [1.82, 2.24) is 30.0 Å². The average Bonchev–Trinajstić information content (AvgIpc) is 3.46. The van der Waals surface area contributed by atoms with E-state index in [1.54, 1.807) is 17.3 Å². The van der Waals surface area contributed by atoms with Gasteiger partial charge >= 0.3 is 11.8 Å². The molecule has 0 radical (unpaired) electrons. The van der Waals surface area contributed by atoms with Gasteiger partial charge in [-0.25, -0.2) is 0 Å². The predicted octanol–water partition coefficient (Wildman–Crippen LogP) is 4.13. The quantitative estimate of drug-likeness (QED) is 0.377. The van der Waals surface area contributed by atoms with Crippen molar-refractivity contribution < 1.29 is 9.59 Å². The van der Waals surface area contributed by atoms with Gasteiger partial charge in [-0.05, 0) is 69.4 Å². The highest BCUT2D eigenvalue weighted by Gasteiger charge is 2.35. The number of anilines is 1. The number of pyridine rings is 2. The molecule has 4 aromatic rings. The Bertz CT molecular complexity index is 1630. The third kappa shape index (κ3) is 4.89. The Morgan fingerprint density at radius 3 is 2.70 bits per heavy atom. The molecular weight excluding hydrogens is 504 g/mol. The van der Waals surface area contributed by atoms with E-state index in [0.29, 0.717) is 23.3 Å². The summed E-state index contributed by atoms with van der Waals surface area (Å²) >= 11 is 0. The van der Waals surface area contributed by atoms with E-state index in [2.05, 4.69) is 45.4 Å². The molecule has 2 aliphatic heterocycles. The Balaban J connectivity index is 1.29. The SMILES string of the molecule is C[C@H]1CC[C@H](c2ccc3cc(C#N)c(C4CCN(C)CC4)nc3c2)N(C(=O)C(=O)Nc2cncc3cn[nH]c23)C1. The molecule has 0 bridgehead atoms. The van der Waals surface area contributed by atoms with Crippen molar-refractivity contribution in [2.45, 2.75) is 44.6 Å². The minimum Gasteiger partial charge on any atom is -0.327 e. The number of nitrogens with zero attached hydrogens (tertiary/aromatic N) is 6. The molecule has 10 nitrogen and oxygen atoms in total. The van der Waals surface area contributed by atoms with E-state index in [9.17, 15) is 14.9 Å². The van der Waals surface area contributed by atoms with Crippen LogP contribution in [0, 0.1) is 17.2 Å². The zero-order valence-electron chi connectivity index (χ0n) is 22.7. The van der Waals surface area contributed by atoms with Crippen LogP contribution in [0.2, 0.25) is 0 Å². The number of carbonyl (C=O) groups is 2. The van der Waals surface area contributed by atoms with Crippen LogP contribution in [0.5, 0.6) is 0 Å². The maximum atomic E-state index is 13.6. The lowest BCUT2D eigenvalue weighted by Gasteiger charge is -2.38. The first-order chi connectivity index (χ1) is 19.4. The zero-order valence-corrected chi connectivity index (χ0v) is 22.7. The van der Waals surface area contributed by atoms with E-state index < -0.39 is 11.8 Å². The number of amides is 2. The number of nitriles is 1. The molecule has 2 amide bonds. The molecule has 2 fully saturated rings. The molecule has 2 saturated heterocycles. The minimum absolute atomic E-state index is 0.246. The van der Waals surface area contributed by atoms with Gasteiger partial charge in [0, 0.05) is 29.4 Å². The van der Waals surface area contributed by atoms with Crippen molar-refractivity contribution >= 4 is 39.3 Å². The number of likely N-dealkylation sites (tertiary alicyclic amines) is 2. The lowest BCUT2D eigenvalue weighted by Crippen LogP contribution is -2.46. The van der Waals surface area contributed by atoms with E-state index in [4.69, 9.17) is 4.98 Å². The number of nitrogens with one attached hydrogen (secondary N) is 2. The fraction of sp³-hybridized carbons (Fsp3) is 0.400. The van der Waals surface area contributed by atoms with Gasteiger partial charge in [0.05, 0.1) is 46.4 Å². The summed E-state index contributed by atoms with van der Waals surface area (Å²) in [5.74, 6) is -0.748. The Morgan fingerprint density at radius 1 is 1.07 bits per heavy atom. The van der Waals surface area contributed by atoms with Crippen LogP contribution in [0.3, 0.4) is 0 Å². The first-order valence-electron chi connectivity index (χ1n) is 13.8. The van der Waals surface area contributed by atoms with Crippen molar-refractivity contribution in [2.24, 2.45) is 5.92 Å². The number of H-pyrrole nitrogens is 1. The molecule has 2 aliphatic rings. The number of fused-ring (bicyclic) bond motifs is 2. The molecule has 40 heavy (non-hydrogen) atoms. The molecule has 3 aromatic heterocycles. The van der Waals surface area contributed by atoms with Gasteiger partial charge in [0.1, 0.15) is 6.07 Å². The van der Waals surface area contributed by atoms with E-state index in [1.807, 2.05) is 24.3 Å². The van der Waals surface area contributed by atoms with Crippen molar-refractivity contribution in [3.63, 3.8) is 0 Å². The topological polar surface area (TPSA) is 131 Å². The fourth-order valence-electron chi connectivity index (χ4n) is 6.08. The molecule has 1 aromatic carbocycles. The standard InChI is InChI=1S/C30H32N8O2/c1-18-3-6-26(38(17-18)30(40)29(39)35-25-16-32-14-23-15-33-36-28(23)25)21-5-4-20-11-22(13-31)27(34-24(20)12-21)19-7-9-37(2)10-8-19/h4-5,11-12,14-16,18-19,26H,3,6-10,17H2,1-2H3,(H,33,36)(H,35,39)/t18-,26+/m0/s1. The second-order valence-corrected chi connectivity index (χ2v) is 11.2. The summed E-state index contributed by atoms with van der Waals surface area (Å²) in [5.41, 5.74) is 4.31. The van der Waals surface area contributed by atoms with Crippen molar-refractivity contribution in [1.29, 1.82) is 5.26 Å². The number of benzene rings is 1. The van der Waals surface area contributed by atoms with Gasteiger partial charge in [-0.15, -0.1) is 0 Å². The van der Waals surface area contributed by atoms with Crippen LogP contribution in [-0.4, -0.2) is 68.5 Å². The van der Waals surface area contributed by atoms with Gasteiger partial charge in [-0.2, -0.15) is 10.4 Å². The summed E-state index contributed by atoms with van der Waals surface area (Å²) < 4.78 is 0. The highest BCUT2D eigenvalue weighted by atomic mass is 16.2. The number of rotatable bonds is 3. The maximum Gasteiger partial charge on any atom is 0.314 e. The Hall–Kier alpha value is -4.36. The van der Waals surface area contributed by atoms with Crippen molar-refractivity contribution in [3.8, 4) is 6.07 Å². The molecule has 0 aliphatic carbocycles. The Morgan fingerprint density at radius 2 is 1.90 bits per heavy atom. The summed E-state index contributed by atoms with van der Waals surface area (Å²) in [6.45, 7) is 4.56. The number of carbonyl (C=O) groups excluding carboxylic acids is 2. The van der Waals surface area contributed by atoms with Crippen LogP contribution in [-0.2, 0) is 9.59 Å². The number of hydrogen-bond donors (Lipinski definition) is 2. The smallest absolute Gasteiger partial charge is 0.314 e. The monoisotopic (exact) mass is 536 g/mol. The largest absolute Gasteiger partial charge is 0.327 e. The Kier molecular flexibility index (Phi) is 6.90. The van der Waals surface area contributed by atoms with Gasteiger partial charge in [0.15, 0.2) is 0 Å². The minimum atomic E-state index is -0.704. The normalized spacial score (nSPS) is 20.5. The van der Waals surface area contributed by atoms with E-state index >= 15 is 0 Å². The molecular formula is C30H32N8O2. The van der Waals surface area contributed by atoms with Crippen LogP contribution >= 0.6 is 0 Å². The second-order valence-electron chi connectivity index (χ2n) is 11.2. The molecule has 2 atom stereocenters. The third-order valence-electron chi connectivity index (χ3n) is 8.36. The molecule has 0 spiro atoms.